The normalized spacial score (nSPS) is 15.8. The molecule has 194 valence electrons. The Bertz CT molecular complexity index is 1010. The Morgan fingerprint density at radius 1 is 0.694 bits per heavy atom. The number of benzene rings is 2. The van der Waals surface area contributed by atoms with Crippen LogP contribution in [0.4, 0.5) is 0 Å². The summed E-state index contributed by atoms with van der Waals surface area (Å²) in [6, 6.07) is 11.6. The van der Waals surface area contributed by atoms with Crippen molar-refractivity contribution >= 4 is 17.9 Å². The molecule has 0 heterocycles. The molecule has 0 radical (unpaired) electrons. The van der Waals surface area contributed by atoms with E-state index in [1.54, 1.807) is 14.2 Å². The largest absolute Gasteiger partial charge is 0.493 e. The molecule has 1 fully saturated rings. The lowest BCUT2D eigenvalue weighted by molar-refractivity contribution is -0.111. The first kappa shape index (κ1) is 27.4. The first-order valence-corrected chi connectivity index (χ1v) is 12.9. The fourth-order valence-corrected chi connectivity index (χ4v) is 3.98. The maximum Gasteiger partial charge on any atom is 0.185 e. The van der Waals surface area contributed by atoms with Crippen LogP contribution in [0.5, 0.6) is 23.0 Å². The van der Waals surface area contributed by atoms with E-state index in [2.05, 4.69) is 27.7 Å². The summed E-state index contributed by atoms with van der Waals surface area (Å²) in [5, 5.41) is 0. The van der Waals surface area contributed by atoms with Crippen LogP contribution >= 0.6 is 0 Å². The van der Waals surface area contributed by atoms with E-state index in [0.717, 1.165) is 46.6 Å². The summed E-state index contributed by atoms with van der Waals surface area (Å²) in [7, 11) is 3.27. The second-order valence-electron chi connectivity index (χ2n) is 10.1. The van der Waals surface area contributed by atoms with E-state index in [-0.39, 0.29) is 5.78 Å². The average Bonchev–Trinajstić information content (AvgIpc) is 3.18. The number of carbonyl (C=O) groups is 1. The fraction of sp³-hybridized carbons (Fsp3) is 0.452. The van der Waals surface area contributed by atoms with Gasteiger partial charge in [-0.15, -0.1) is 0 Å². The van der Waals surface area contributed by atoms with Gasteiger partial charge >= 0.3 is 0 Å². The third-order valence-electron chi connectivity index (χ3n) is 6.21. The number of ether oxygens (including phenoxy) is 4. The summed E-state index contributed by atoms with van der Waals surface area (Å²) in [6.45, 7) is 9.99. The summed E-state index contributed by atoms with van der Waals surface area (Å²) in [4.78, 5) is 13.1. The Kier molecular flexibility index (Phi) is 10.0. The number of hydrogen-bond acceptors (Lipinski definition) is 5. The van der Waals surface area contributed by atoms with Crippen LogP contribution in [0.15, 0.2) is 47.5 Å². The molecule has 2 aromatic rings. The quantitative estimate of drug-likeness (QED) is 0.289. The topological polar surface area (TPSA) is 54.0 Å². The maximum atomic E-state index is 13.1. The maximum absolute atomic E-state index is 13.1. The van der Waals surface area contributed by atoms with Crippen molar-refractivity contribution in [3.63, 3.8) is 0 Å². The summed E-state index contributed by atoms with van der Waals surface area (Å²) in [6.07, 6.45) is 7.31. The van der Waals surface area contributed by atoms with Crippen molar-refractivity contribution in [3.05, 3.63) is 58.7 Å². The lowest BCUT2D eigenvalue weighted by Crippen LogP contribution is -2.03. The zero-order valence-electron chi connectivity index (χ0n) is 22.6. The van der Waals surface area contributed by atoms with Crippen molar-refractivity contribution in [1.29, 1.82) is 0 Å². The Balaban J connectivity index is 1.71. The standard InChI is InChI=1S/C31H40O5/c1-21(2)13-15-35-27-11-7-23(19-29(27)33-5)17-25-9-10-26(31(25)32)18-24-8-12-28(30(20-24)34-6)36-16-14-22(3)4/h7-8,11-12,17-22H,9-10,13-16H2,1-6H3. The monoisotopic (exact) mass is 492 g/mol. The van der Waals surface area contributed by atoms with E-state index in [9.17, 15) is 4.79 Å². The first-order valence-electron chi connectivity index (χ1n) is 12.9. The molecular formula is C31H40O5. The Morgan fingerprint density at radius 2 is 1.11 bits per heavy atom. The van der Waals surface area contributed by atoms with Crippen LogP contribution in [0.3, 0.4) is 0 Å². The molecule has 36 heavy (non-hydrogen) atoms. The van der Waals surface area contributed by atoms with Crippen LogP contribution in [-0.4, -0.2) is 33.2 Å². The molecular weight excluding hydrogens is 452 g/mol. The van der Waals surface area contributed by atoms with Crippen LogP contribution in [0, 0.1) is 11.8 Å². The predicted octanol–water partition coefficient (Wildman–Crippen LogP) is 7.38. The number of carbonyl (C=O) groups excluding carboxylic acids is 1. The molecule has 0 spiro atoms. The molecule has 1 aliphatic carbocycles. The van der Waals surface area contributed by atoms with Gasteiger partial charge in [-0.25, -0.2) is 0 Å². The highest BCUT2D eigenvalue weighted by atomic mass is 16.5. The summed E-state index contributed by atoms with van der Waals surface area (Å²) >= 11 is 0. The minimum absolute atomic E-state index is 0.0856. The van der Waals surface area contributed by atoms with E-state index < -0.39 is 0 Å². The third kappa shape index (κ3) is 7.64. The highest BCUT2D eigenvalue weighted by Gasteiger charge is 2.23. The van der Waals surface area contributed by atoms with E-state index in [0.29, 0.717) is 49.4 Å². The van der Waals surface area contributed by atoms with Gasteiger partial charge in [0, 0.05) is 11.1 Å². The second kappa shape index (κ2) is 13.2. The molecule has 1 aliphatic rings. The minimum atomic E-state index is 0.0856. The van der Waals surface area contributed by atoms with Crippen LogP contribution in [0.25, 0.3) is 12.2 Å². The number of ketones is 1. The Labute approximate surface area is 216 Å². The van der Waals surface area contributed by atoms with Crippen LogP contribution in [0.2, 0.25) is 0 Å². The van der Waals surface area contributed by atoms with Gasteiger partial charge in [-0.05, 0) is 85.1 Å². The van der Waals surface area contributed by atoms with Gasteiger partial charge in [-0.2, -0.15) is 0 Å². The zero-order valence-corrected chi connectivity index (χ0v) is 22.6. The Morgan fingerprint density at radius 3 is 1.47 bits per heavy atom. The SMILES string of the molecule is COc1cc(C=C2CCC(=Cc3ccc(OCCC(C)C)c(OC)c3)C2=O)ccc1OCCC(C)C. The highest BCUT2D eigenvalue weighted by molar-refractivity contribution is 6.15. The Hall–Kier alpha value is -3.21. The molecule has 0 aliphatic heterocycles. The molecule has 0 amide bonds. The molecule has 3 rings (SSSR count). The van der Waals surface area contributed by atoms with Crippen molar-refractivity contribution < 1.29 is 23.7 Å². The molecule has 0 saturated heterocycles. The number of Topliss-reactive ketones (excluding diaryl/α,β-unsaturated/α-hetero) is 1. The van der Waals surface area contributed by atoms with E-state index in [1.807, 2.05) is 48.6 Å². The number of hydrogen-bond donors (Lipinski definition) is 0. The summed E-state index contributed by atoms with van der Waals surface area (Å²) in [5.41, 5.74) is 3.46. The lowest BCUT2D eigenvalue weighted by atomic mass is 10.1. The van der Waals surface area contributed by atoms with Gasteiger partial charge in [0.2, 0.25) is 0 Å². The van der Waals surface area contributed by atoms with Gasteiger partial charge < -0.3 is 18.9 Å². The van der Waals surface area contributed by atoms with Crippen molar-refractivity contribution in [2.24, 2.45) is 11.8 Å². The summed E-state index contributed by atoms with van der Waals surface area (Å²) in [5.74, 6) is 4.06. The molecule has 0 N–H and O–H groups in total. The average molecular weight is 493 g/mol. The van der Waals surface area contributed by atoms with Crippen LogP contribution < -0.4 is 18.9 Å². The molecule has 2 aromatic carbocycles. The molecule has 5 heteroatoms. The van der Waals surface area contributed by atoms with Gasteiger partial charge in [0.1, 0.15) is 0 Å². The van der Waals surface area contributed by atoms with Crippen molar-refractivity contribution in [2.45, 2.75) is 53.4 Å². The highest BCUT2D eigenvalue weighted by Crippen LogP contribution is 2.34. The van der Waals surface area contributed by atoms with Gasteiger partial charge in [0.25, 0.3) is 0 Å². The molecule has 0 atom stereocenters. The van der Waals surface area contributed by atoms with Crippen LogP contribution in [-0.2, 0) is 4.79 Å². The third-order valence-corrected chi connectivity index (χ3v) is 6.21. The van der Waals surface area contributed by atoms with Crippen molar-refractivity contribution in [2.75, 3.05) is 27.4 Å². The van der Waals surface area contributed by atoms with Gasteiger partial charge in [0.15, 0.2) is 28.8 Å². The smallest absolute Gasteiger partial charge is 0.185 e. The molecule has 0 unspecified atom stereocenters. The van der Waals surface area contributed by atoms with E-state index in [1.165, 1.54) is 0 Å². The van der Waals surface area contributed by atoms with Crippen molar-refractivity contribution in [1.82, 2.24) is 0 Å². The van der Waals surface area contributed by atoms with Gasteiger partial charge in [-0.1, -0.05) is 39.8 Å². The molecule has 0 bridgehead atoms. The molecule has 1 saturated carbocycles. The zero-order chi connectivity index (χ0) is 26.1. The number of rotatable bonds is 12. The van der Waals surface area contributed by atoms with Crippen molar-refractivity contribution in [3.8, 4) is 23.0 Å². The second-order valence-corrected chi connectivity index (χ2v) is 10.1. The molecule has 0 aromatic heterocycles. The number of methoxy groups -OCH3 is 2. The van der Waals surface area contributed by atoms with Gasteiger partial charge in [0.05, 0.1) is 27.4 Å². The van der Waals surface area contributed by atoms with Crippen LogP contribution in [0.1, 0.15) is 64.5 Å². The van der Waals surface area contributed by atoms with E-state index >= 15 is 0 Å². The molecule has 5 nitrogen and oxygen atoms in total. The summed E-state index contributed by atoms with van der Waals surface area (Å²) < 4.78 is 22.8. The predicted molar refractivity (Wildman–Crippen MR) is 146 cm³/mol. The van der Waals surface area contributed by atoms with Gasteiger partial charge in [-0.3, -0.25) is 4.79 Å². The van der Waals surface area contributed by atoms with E-state index in [4.69, 9.17) is 18.9 Å². The lowest BCUT2D eigenvalue weighted by Gasteiger charge is -2.12. The fourth-order valence-electron chi connectivity index (χ4n) is 3.98. The number of allylic oxidation sites excluding steroid dienone is 2. The minimum Gasteiger partial charge on any atom is -0.493 e. The first-order chi connectivity index (χ1) is 17.3.